The predicted molar refractivity (Wildman–Crippen MR) is 208 cm³/mol. The Kier molecular flexibility index (Phi) is 12.5. The number of aliphatic hydroxyl groups is 2. The number of hydrogen-bond acceptors (Lipinski definition) is 10. The van der Waals surface area contributed by atoms with Crippen LogP contribution in [0.2, 0.25) is 0 Å². The highest BCUT2D eigenvalue weighted by Crippen LogP contribution is 2.62. The number of hydrogen-bond donors (Lipinski definition) is 2. The average Bonchev–Trinajstić information content (AvgIpc) is 3.95. The lowest BCUT2D eigenvalue weighted by molar-refractivity contribution is -0.258. The molecule has 3 aliphatic carbocycles. The van der Waals surface area contributed by atoms with Crippen molar-refractivity contribution in [3.63, 3.8) is 0 Å². The molecule has 2 fully saturated rings. The van der Waals surface area contributed by atoms with Crippen molar-refractivity contribution in [1.29, 1.82) is 0 Å². The smallest absolute Gasteiger partial charge is 0.239 e. The zero-order valence-electron chi connectivity index (χ0n) is 32.0. The Morgan fingerprint density at radius 2 is 1.75 bits per heavy atom. The molecule has 11 nitrogen and oxygen atoms in total. The van der Waals surface area contributed by atoms with Crippen molar-refractivity contribution in [1.82, 2.24) is 4.90 Å². The summed E-state index contributed by atoms with van der Waals surface area (Å²) < 4.78 is 31.9. The molecule has 2 N–H and O–H groups in total. The topological polar surface area (TPSA) is 129 Å². The van der Waals surface area contributed by atoms with Gasteiger partial charge in [-0.2, -0.15) is 0 Å². The Morgan fingerprint density at radius 3 is 2.49 bits per heavy atom. The lowest BCUT2D eigenvalue weighted by Crippen LogP contribution is -2.70. The number of rotatable bonds is 20. The van der Waals surface area contributed by atoms with E-state index in [9.17, 15) is 15.0 Å². The number of aliphatic hydroxyl groups excluding tert-OH is 2. The molecule has 5 aliphatic rings. The fraction of sp³-hybridized carbons (Fsp3) is 0.545. The van der Waals surface area contributed by atoms with E-state index in [0.29, 0.717) is 62.0 Å². The number of ether oxygens (including phenoxy) is 5. The maximum atomic E-state index is 14.7. The van der Waals surface area contributed by atoms with E-state index < -0.39 is 11.8 Å². The van der Waals surface area contributed by atoms with Gasteiger partial charge >= 0.3 is 0 Å². The van der Waals surface area contributed by atoms with Crippen molar-refractivity contribution in [2.24, 2.45) is 28.8 Å². The van der Waals surface area contributed by atoms with Gasteiger partial charge in [-0.25, -0.2) is 0 Å². The van der Waals surface area contributed by atoms with Gasteiger partial charge in [-0.05, 0) is 98.8 Å². The highest BCUT2D eigenvalue weighted by Gasteiger charge is 2.66. The van der Waals surface area contributed by atoms with Crippen LogP contribution in [0.5, 0.6) is 23.0 Å². The van der Waals surface area contributed by atoms with E-state index in [0.717, 1.165) is 60.9 Å². The van der Waals surface area contributed by atoms with Gasteiger partial charge in [0.15, 0.2) is 11.5 Å². The van der Waals surface area contributed by atoms with Gasteiger partial charge < -0.3 is 43.6 Å². The van der Waals surface area contributed by atoms with Crippen LogP contribution in [-0.4, -0.2) is 78.4 Å². The van der Waals surface area contributed by atoms with Crippen LogP contribution in [0.3, 0.4) is 0 Å². The van der Waals surface area contributed by atoms with E-state index in [1.807, 2.05) is 42.2 Å². The second-order valence-electron chi connectivity index (χ2n) is 15.2. The Bertz CT molecular complexity index is 1750. The summed E-state index contributed by atoms with van der Waals surface area (Å²) in [6, 6.07) is 11.2. The van der Waals surface area contributed by atoms with Crippen molar-refractivity contribution in [2.75, 3.05) is 39.8 Å². The highest BCUT2D eigenvalue weighted by atomic mass is 16.7. The van der Waals surface area contributed by atoms with Crippen LogP contribution in [0.4, 0.5) is 0 Å². The third kappa shape index (κ3) is 8.02. The van der Waals surface area contributed by atoms with Crippen molar-refractivity contribution in [3.8, 4) is 23.0 Å². The fourth-order valence-electron chi connectivity index (χ4n) is 9.18. The van der Waals surface area contributed by atoms with E-state index in [1.54, 1.807) is 12.2 Å². The second kappa shape index (κ2) is 17.6. The summed E-state index contributed by atoms with van der Waals surface area (Å²) in [5.41, 5.74) is 3.72. The molecule has 11 heteroatoms. The lowest BCUT2D eigenvalue weighted by Gasteiger charge is -2.60. The Balaban J connectivity index is 1.43. The molecule has 296 valence electrons. The molecular weight excluding hydrogens is 700 g/mol. The van der Waals surface area contributed by atoms with E-state index in [2.05, 4.69) is 25.3 Å². The number of carbonyl (C=O) groups excluding carboxylic acids is 1. The number of oxime groups is 1. The van der Waals surface area contributed by atoms with E-state index >= 15 is 0 Å². The molecule has 6 atom stereocenters. The lowest BCUT2D eigenvalue weighted by atomic mass is 9.55. The standard InChI is InChI=1S/C44H56N2O9/c1-4-21-50-32-16-18-37-35(25-32)41-33(12-8-10-20-48)31(11-7-9-19-47)24-34-36(45-54-6-3)26-40(44(55-37,42(34)41)53-22-5-2)46(43(49)30-14-15-30)27-29-13-17-38-39(23-29)52-28-51-38/h4-5,13,16-18,23-25,30-31,33,40-42,47-48H,1-2,6-12,14-15,19-22,26-28H2,3H3. The van der Waals surface area contributed by atoms with Crippen molar-refractivity contribution in [3.05, 3.63) is 84.5 Å². The minimum atomic E-state index is -1.32. The fourth-order valence-corrected chi connectivity index (χ4v) is 9.18. The van der Waals surface area contributed by atoms with Gasteiger partial charge in [0.1, 0.15) is 30.8 Å². The first-order valence-corrected chi connectivity index (χ1v) is 20.1. The number of unbranched alkanes of at least 4 members (excludes halogenated alkanes) is 2. The van der Waals surface area contributed by atoms with Crippen LogP contribution in [0.15, 0.2) is 78.5 Å². The van der Waals surface area contributed by atoms with Crippen LogP contribution in [0, 0.1) is 23.7 Å². The zero-order valence-corrected chi connectivity index (χ0v) is 32.0. The summed E-state index contributed by atoms with van der Waals surface area (Å²) >= 11 is 0. The largest absolute Gasteiger partial charge is 0.490 e. The van der Waals surface area contributed by atoms with Crippen LogP contribution in [0.1, 0.15) is 81.8 Å². The third-order valence-corrected chi connectivity index (χ3v) is 11.7. The van der Waals surface area contributed by atoms with Gasteiger partial charge in [0, 0.05) is 43.6 Å². The zero-order chi connectivity index (χ0) is 38.4. The summed E-state index contributed by atoms with van der Waals surface area (Å²) in [5.74, 6) is 1.15. The molecule has 2 aliphatic heterocycles. The quantitative estimate of drug-likeness (QED) is 0.0829. The van der Waals surface area contributed by atoms with Gasteiger partial charge in [-0.3, -0.25) is 4.79 Å². The first-order valence-electron chi connectivity index (χ1n) is 20.1. The molecular formula is C44H56N2O9. The molecule has 2 aromatic carbocycles. The molecule has 0 saturated heterocycles. The number of amides is 1. The molecule has 2 saturated carbocycles. The number of benzene rings is 2. The molecule has 1 amide bonds. The van der Waals surface area contributed by atoms with E-state index in [4.69, 9.17) is 33.7 Å². The maximum Gasteiger partial charge on any atom is 0.239 e. The van der Waals surface area contributed by atoms with Crippen molar-refractivity contribution >= 4 is 11.6 Å². The van der Waals surface area contributed by atoms with Gasteiger partial charge in [-0.15, -0.1) is 6.58 Å². The summed E-state index contributed by atoms with van der Waals surface area (Å²) in [7, 11) is 0. The first-order chi connectivity index (χ1) is 27.0. The molecule has 2 aromatic rings. The molecule has 0 spiro atoms. The van der Waals surface area contributed by atoms with E-state index in [1.165, 1.54) is 0 Å². The predicted octanol–water partition coefficient (Wildman–Crippen LogP) is 7.07. The van der Waals surface area contributed by atoms with Crippen molar-refractivity contribution < 1.29 is 43.5 Å². The number of allylic oxidation sites excluding steroid dienone is 1. The highest BCUT2D eigenvalue weighted by molar-refractivity contribution is 6.03. The molecule has 6 unspecified atom stereocenters. The number of fused-ring (bicyclic) bond motifs is 3. The van der Waals surface area contributed by atoms with Crippen LogP contribution >= 0.6 is 0 Å². The van der Waals surface area contributed by atoms with Gasteiger partial charge in [0.05, 0.1) is 18.2 Å². The second-order valence-corrected chi connectivity index (χ2v) is 15.2. The van der Waals surface area contributed by atoms with Gasteiger partial charge in [0.25, 0.3) is 0 Å². The molecule has 0 aromatic heterocycles. The van der Waals surface area contributed by atoms with E-state index in [-0.39, 0.29) is 62.1 Å². The Labute approximate surface area is 324 Å². The minimum absolute atomic E-state index is 0.0590. The van der Waals surface area contributed by atoms with Crippen LogP contribution < -0.4 is 18.9 Å². The number of nitrogens with zero attached hydrogens (tertiary/aromatic N) is 2. The van der Waals surface area contributed by atoms with Gasteiger partial charge in [-0.1, -0.05) is 48.9 Å². The van der Waals surface area contributed by atoms with Crippen LogP contribution in [0.25, 0.3) is 0 Å². The first kappa shape index (κ1) is 38.9. The molecule has 7 rings (SSSR count). The molecule has 0 radical (unpaired) electrons. The van der Waals surface area contributed by atoms with Crippen molar-refractivity contribution in [2.45, 2.75) is 89.0 Å². The summed E-state index contributed by atoms with van der Waals surface area (Å²) in [6.07, 6.45) is 12.7. The molecule has 0 bridgehead atoms. The monoisotopic (exact) mass is 756 g/mol. The third-order valence-electron chi connectivity index (χ3n) is 11.7. The maximum absolute atomic E-state index is 14.7. The average molecular weight is 757 g/mol. The van der Waals surface area contributed by atoms with Gasteiger partial charge in [0.2, 0.25) is 18.5 Å². The molecule has 2 heterocycles. The number of carbonyl (C=O) groups is 1. The summed E-state index contributed by atoms with van der Waals surface area (Å²) in [6.45, 7) is 11.5. The summed E-state index contributed by atoms with van der Waals surface area (Å²) in [5, 5.41) is 24.5. The summed E-state index contributed by atoms with van der Waals surface area (Å²) in [4.78, 5) is 22.6. The Hall–Kier alpha value is -4.32. The molecule has 55 heavy (non-hydrogen) atoms. The minimum Gasteiger partial charge on any atom is -0.490 e. The van der Waals surface area contributed by atoms with Crippen LogP contribution in [-0.2, 0) is 20.9 Å². The Morgan fingerprint density at radius 1 is 0.982 bits per heavy atom. The normalized spacial score (nSPS) is 26.6. The SMILES string of the molecule is C=CCOc1ccc2c(c1)C1C(CCCCO)C(CCCCO)C=C3C(=NOCC)CC(N(Cc4ccc5c(c4)OCO5)C(=O)C4CC4)C(OCC=C)(O2)C31.